The molecule has 0 fully saturated rings. The van der Waals surface area contributed by atoms with E-state index >= 15 is 0 Å². The summed E-state index contributed by atoms with van der Waals surface area (Å²) in [5, 5.41) is 24.5. The Morgan fingerprint density at radius 2 is 2.50 bits per heavy atom. The first-order chi connectivity index (χ1) is 7.72. The maximum atomic E-state index is 8.93. The molecule has 0 radical (unpaired) electrons. The van der Waals surface area contributed by atoms with Crippen molar-refractivity contribution < 1.29 is 15.4 Å². The Morgan fingerprint density at radius 3 is 3.06 bits per heavy atom. The smallest absolute Gasteiger partial charge is 0.285 e. The van der Waals surface area contributed by atoms with Gasteiger partial charge in [-0.3, -0.25) is 15.7 Å². The number of hydrogen-bond acceptors (Lipinski definition) is 6. The van der Waals surface area contributed by atoms with Gasteiger partial charge in [0.05, 0.1) is 17.8 Å². The fraction of sp³-hybridized carbons (Fsp3) is 0.375. The van der Waals surface area contributed by atoms with Crippen molar-refractivity contribution >= 4 is 17.4 Å². The molecule has 1 aromatic rings. The largest absolute Gasteiger partial charge is 0.317 e. The lowest BCUT2D eigenvalue weighted by Crippen LogP contribution is -2.24. The highest BCUT2D eigenvalue weighted by molar-refractivity contribution is 6.18. The highest BCUT2D eigenvalue weighted by atomic mass is 35.5. The van der Waals surface area contributed by atoms with Gasteiger partial charge in [0, 0.05) is 5.88 Å². The van der Waals surface area contributed by atoms with Crippen LogP contribution in [0, 0.1) is 0 Å². The van der Waals surface area contributed by atoms with Crippen molar-refractivity contribution in [3.05, 3.63) is 17.8 Å². The van der Waals surface area contributed by atoms with E-state index in [9.17, 15) is 0 Å². The van der Waals surface area contributed by atoms with Gasteiger partial charge in [-0.25, -0.2) is 5.26 Å². The lowest BCUT2D eigenvalue weighted by Gasteiger charge is -2.09. The van der Waals surface area contributed by atoms with Gasteiger partial charge in [-0.15, -0.1) is 16.7 Å². The predicted octanol–water partition coefficient (Wildman–Crippen LogP) is 0.681. The van der Waals surface area contributed by atoms with E-state index < -0.39 is 0 Å². The quantitative estimate of drug-likeness (QED) is 0.238. The number of alkyl halides is 1. The van der Waals surface area contributed by atoms with Gasteiger partial charge in [0.25, 0.3) is 5.88 Å². The van der Waals surface area contributed by atoms with Crippen molar-refractivity contribution in [2.45, 2.75) is 13.0 Å². The zero-order chi connectivity index (χ0) is 12.0. The third kappa shape index (κ3) is 3.02. The Labute approximate surface area is 96.6 Å². The van der Waals surface area contributed by atoms with Gasteiger partial charge in [-0.05, 0) is 13.0 Å². The van der Waals surface area contributed by atoms with Crippen LogP contribution in [0.1, 0.15) is 12.5 Å². The molecule has 0 aromatic carbocycles. The summed E-state index contributed by atoms with van der Waals surface area (Å²) in [6.45, 7) is 1.76. The Kier molecular flexibility index (Phi) is 4.90. The molecule has 3 N–H and O–H groups in total. The van der Waals surface area contributed by atoms with E-state index in [0.29, 0.717) is 5.88 Å². The number of amidine groups is 1. The normalized spacial score (nSPS) is 13.4. The number of rotatable bonds is 4. The van der Waals surface area contributed by atoms with Crippen LogP contribution in [0.3, 0.4) is 0 Å². The fourth-order valence-corrected chi connectivity index (χ4v) is 1.05. The number of nitrogens with zero attached hydrogens (tertiary/aromatic N) is 3. The number of hydrogen-bond donors (Lipinski definition) is 3. The Bertz CT molecular complexity index is 374. The van der Waals surface area contributed by atoms with Crippen LogP contribution in [0.15, 0.2) is 17.3 Å². The number of aliphatic imine (C=N–C) groups is 1. The van der Waals surface area contributed by atoms with E-state index in [4.69, 9.17) is 22.1 Å². The molecule has 0 aliphatic rings. The van der Waals surface area contributed by atoms with E-state index in [1.807, 2.05) is 5.48 Å². The average molecular weight is 247 g/mol. The zero-order valence-corrected chi connectivity index (χ0v) is 9.22. The van der Waals surface area contributed by atoms with E-state index in [1.54, 1.807) is 6.92 Å². The lowest BCUT2D eigenvalue weighted by atomic mass is 10.2. The van der Waals surface area contributed by atoms with E-state index in [0.717, 1.165) is 0 Å². The van der Waals surface area contributed by atoms with Crippen molar-refractivity contribution in [1.82, 2.24) is 15.7 Å². The standard InChI is InChI=1S/C8H11ClN4O3/c1-5(4-9)11-7(13-14)6-2-3-10-12-8(6)16-15/h2-3,5,14-15H,4H2,1H3,(H,11,13). The number of aromatic nitrogens is 2. The Morgan fingerprint density at radius 1 is 1.75 bits per heavy atom. The second-order valence-electron chi connectivity index (χ2n) is 2.93. The van der Waals surface area contributed by atoms with Crippen molar-refractivity contribution in [2.24, 2.45) is 4.99 Å². The van der Waals surface area contributed by atoms with Crippen molar-refractivity contribution in [1.29, 1.82) is 0 Å². The molecule has 0 bridgehead atoms. The van der Waals surface area contributed by atoms with Crippen LogP contribution >= 0.6 is 11.6 Å². The van der Waals surface area contributed by atoms with Gasteiger partial charge in [0.2, 0.25) is 0 Å². The Balaban J connectivity index is 3.08. The maximum absolute atomic E-state index is 8.93. The zero-order valence-electron chi connectivity index (χ0n) is 8.46. The molecule has 7 nitrogen and oxygen atoms in total. The second kappa shape index (κ2) is 6.21. The summed E-state index contributed by atoms with van der Waals surface area (Å²) >= 11 is 5.59. The molecule has 1 rings (SSSR count). The number of halogens is 1. The molecule has 0 amide bonds. The SMILES string of the molecule is CC(CCl)N=C(NO)c1ccnnc1OO. The molecule has 1 unspecified atom stereocenters. The van der Waals surface area contributed by atoms with Crippen molar-refractivity contribution in [3.8, 4) is 5.88 Å². The molecule has 0 aliphatic heterocycles. The van der Waals surface area contributed by atoms with Crippen LogP contribution in [0.25, 0.3) is 0 Å². The van der Waals surface area contributed by atoms with Crippen molar-refractivity contribution in [2.75, 3.05) is 5.88 Å². The number of hydroxylamine groups is 1. The maximum Gasteiger partial charge on any atom is 0.285 e. The molecular formula is C8H11ClN4O3. The van der Waals surface area contributed by atoms with Crippen LogP contribution < -0.4 is 10.4 Å². The predicted molar refractivity (Wildman–Crippen MR) is 56.9 cm³/mol. The molecule has 88 valence electrons. The lowest BCUT2D eigenvalue weighted by molar-refractivity contribution is -0.142. The monoisotopic (exact) mass is 246 g/mol. The average Bonchev–Trinajstić information content (AvgIpc) is 2.35. The molecule has 0 saturated carbocycles. The van der Waals surface area contributed by atoms with Gasteiger partial charge < -0.3 is 4.89 Å². The highest BCUT2D eigenvalue weighted by Gasteiger charge is 2.13. The summed E-state index contributed by atoms with van der Waals surface area (Å²) in [5.74, 6) is 0.218. The van der Waals surface area contributed by atoms with Crippen LogP contribution in [0.2, 0.25) is 0 Å². The topological polar surface area (TPSA) is 99.9 Å². The third-order valence-electron chi connectivity index (χ3n) is 1.71. The summed E-state index contributed by atoms with van der Waals surface area (Å²) in [4.78, 5) is 8.06. The van der Waals surface area contributed by atoms with Crippen LogP contribution in [0.4, 0.5) is 0 Å². The summed E-state index contributed by atoms with van der Waals surface area (Å²) < 4.78 is 0. The van der Waals surface area contributed by atoms with Gasteiger partial charge in [0.15, 0.2) is 5.84 Å². The first-order valence-corrected chi connectivity index (χ1v) is 4.93. The molecule has 0 spiro atoms. The minimum atomic E-state index is -0.212. The van der Waals surface area contributed by atoms with Crippen LogP contribution in [0.5, 0.6) is 5.88 Å². The van der Waals surface area contributed by atoms with Gasteiger partial charge >= 0.3 is 0 Å². The molecule has 16 heavy (non-hydrogen) atoms. The summed E-state index contributed by atoms with van der Waals surface area (Å²) in [7, 11) is 0. The minimum absolute atomic E-state index is 0.0899. The van der Waals surface area contributed by atoms with E-state index in [-0.39, 0.29) is 23.3 Å². The summed E-state index contributed by atoms with van der Waals surface area (Å²) in [5.41, 5.74) is 2.17. The second-order valence-corrected chi connectivity index (χ2v) is 3.24. The minimum Gasteiger partial charge on any atom is -0.317 e. The highest BCUT2D eigenvalue weighted by Crippen LogP contribution is 2.13. The first kappa shape index (κ1) is 12.6. The third-order valence-corrected chi connectivity index (χ3v) is 2.15. The van der Waals surface area contributed by atoms with E-state index in [1.165, 1.54) is 12.3 Å². The summed E-state index contributed by atoms with van der Waals surface area (Å²) in [6, 6.07) is 1.26. The van der Waals surface area contributed by atoms with Crippen molar-refractivity contribution in [3.63, 3.8) is 0 Å². The van der Waals surface area contributed by atoms with Crippen LogP contribution in [-0.4, -0.2) is 38.4 Å². The fourth-order valence-electron chi connectivity index (χ4n) is 0.980. The first-order valence-electron chi connectivity index (χ1n) is 4.40. The molecule has 0 saturated heterocycles. The molecule has 1 atom stereocenters. The molecule has 0 aliphatic carbocycles. The Hall–Kier alpha value is -1.44. The molecule has 8 heteroatoms. The molecular weight excluding hydrogens is 236 g/mol. The van der Waals surface area contributed by atoms with Gasteiger partial charge in [0.1, 0.15) is 0 Å². The van der Waals surface area contributed by atoms with Crippen LogP contribution in [-0.2, 0) is 0 Å². The summed E-state index contributed by atoms with van der Waals surface area (Å²) in [6.07, 6.45) is 1.37. The van der Waals surface area contributed by atoms with Gasteiger partial charge in [-0.1, -0.05) is 0 Å². The molecule has 1 heterocycles. The molecule has 1 aromatic heterocycles. The van der Waals surface area contributed by atoms with E-state index in [2.05, 4.69) is 20.1 Å². The van der Waals surface area contributed by atoms with Gasteiger partial charge in [-0.2, -0.15) is 5.10 Å². The number of nitrogens with one attached hydrogen (secondary N) is 1.